The van der Waals surface area contributed by atoms with Crippen molar-refractivity contribution in [3.63, 3.8) is 0 Å². The van der Waals surface area contributed by atoms with Crippen molar-refractivity contribution >= 4 is 16.9 Å². The van der Waals surface area contributed by atoms with E-state index in [1.807, 2.05) is 13.0 Å². The van der Waals surface area contributed by atoms with Crippen molar-refractivity contribution in [2.75, 3.05) is 14.2 Å². The molecule has 5 heteroatoms. The molecular weight excluding hydrogens is 258 g/mol. The lowest BCUT2D eigenvalue weighted by Crippen LogP contribution is -2.20. The molecule has 1 aromatic heterocycles. The van der Waals surface area contributed by atoms with Crippen molar-refractivity contribution in [2.45, 2.75) is 19.9 Å². The molecule has 0 bridgehead atoms. The Balaban J connectivity index is 2.83. The van der Waals surface area contributed by atoms with Crippen LogP contribution in [0.2, 0.25) is 0 Å². The Morgan fingerprint density at radius 3 is 2.60 bits per heavy atom. The standard InChI is InChI=1S/C15H17NO4/c1-9-7-11-12(17)5-6-16(10(2)15(18)20-4)14(11)13(8-9)19-3/h5-8,10H,1-4H3. The summed E-state index contributed by atoms with van der Waals surface area (Å²) in [6.45, 7) is 3.61. The quantitative estimate of drug-likeness (QED) is 0.804. The third-order valence-corrected chi connectivity index (χ3v) is 3.31. The second kappa shape index (κ2) is 5.36. The number of benzene rings is 1. The van der Waals surface area contributed by atoms with Gasteiger partial charge in [0.25, 0.3) is 0 Å². The summed E-state index contributed by atoms with van der Waals surface area (Å²) < 4.78 is 11.8. The average Bonchev–Trinajstić information content (AvgIpc) is 2.45. The predicted octanol–water partition coefficient (Wildman–Crippen LogP) is 2.05. The molecule has 0 amide bonds. The number of fused-ring (bicyclic) bond motifs is 1. The van der Waals surface area contributed by atoms with Gasteiger partial charge in [0.2, 0.25) is 0 Å². The molecule has 0 fully saturated rings. The zero-order chi connectivity index (χ0) is 14.9. The van der Waals surface area contributed by atoms with Crippen LogP contribution in [-0.4, -0.2) is 24.8 Å². The van der Waals surface area contributed by atoms with Crippen LogP contribution < -0.4 is 10.2 Å². The monoisotopic (exact) mass is 275 g/mol. The largest absolute Gasteiger partial charge is 0.495 e. The molecule has 0 saturated carbocycles. The number of nitrogens with zero attached hydrogens (tertiary/aromatic N) is 1. The molecule has 0 aliphatic carbocycles. The number of rotatable bonds is 3. The minimum atomic E-state index is -0.542. The molecule has 106 valence electrons. The van der Waals surface area contributed by atoms with Crippen LogP contribution in [0.25, 0.3) is 10.9 Å². The number of hydrogen-bond acceptors (Lipinski definition) is 4. The van der Waals surface area contributed by atoms with E-state index in [0.717, 1.165) is 5.56 Å². The highest BCUT2D eigenvalue weighted by Gasteiger charge is 2.19. The zero-order valence-corrected chi connectivity index (χ0v) is 12.0. The van der Waals surface area contributed by atoms with Gasteiger partial charge < -0.3 is 14.0 Å². The van der Waals surface area contributed by atoms with Crippen LogP contribution in [0.3, 0.4) is 0 Å². The number of ether oxygens (including phenoxy) is 2. The third kappa shape index (κ3) is 2.27. The van der Waals surface area contributed by atoms with Gasteiger partial charge in [0.1, 0.15) is 11.8 Å². The Morgan fingerprint density at radius 2 is 2.00 bits per heavy atom. The van der Waals surface area contributed by atoms with Crippen molar-refractivity contribution in [3.05, 3.63) is 40.2 Å². The van der Waals surface area contributed by atoms with E-state index in [4.69, 9.17) is 9.47 Å². The molecule has 20 heavy (non-hydrogen) atoms. The normalized spacial score (nSPS) is 12.2. The fourth-order valence-corrected chi connectivity index (χ4v) is 2.27. The average molecular weight is 275 g/mol. The number of esters is 1. The number of aryl methyl sites for hydroxylation is 1. The lowest BCUT2D eigenvalue weighted by atomic mass is 10.1. The molecule has 5 nitrogen and oxygen atoms in total. The molecule has 1 atom stereocenters. The Hall–Kier alpha value is -2.30. The van der Waals surface area contributed by atoms with Crippen molar-refractivity contribution in [3.8, 4) is 5.75 Å². The van der Waals surface area contributed by atoms with Gasteiger partial charge in [0, 0.05) is 17.6 Å². The van der Waals surface area contributed by atoms with Crippen LogP contribution in [0.1, 0.15) is 18.5 Å². The van der Waals surface area contributed by atoms with Gasteiger partial charge >= 0.3 is 5.97 Å². The minimum Gasteiger partial charge on any atom is -0.495 e. The first kappa shape index (κ1) is 14.1. The molecule has 0 aliphatic heterocycles. The Morgan fingerprint density at radius 1 is 1.30 bits per heavy atom. The summed E-state index contributed by atoms with van der Waals surface area (Å²) in [6.07, 6.45) is 1.59. The van der Waals surface area contributed by atoms with Crippen LogP contribution in [0, 0.1) is 6.92 Å². The minimum absolute atomic E-state index is 0.102. The highest BCUT2D eigenvalue weighted by molar-refractivity contribution is 5.87. The van der Waals surface area contributed by atoms with E-state index in [1.54, 1.807) is 30.9 Å². The number of carbonyl (C=O) groups is 1. The van der Waals surface area contributed by atoms with Crippen molar-refractivity contribution < 1.29 is 14.3 Å². The van der Waals surface area contributed by atoms with Crippen LogP contribution in [0.5, 0.6) is 5.75 Å². The van der Waals surface area contributed by atoms with E-state index in [9.17, 15) is 9.59 Å². The Kier molecular flexibility index (Phi) is 3.79. The van der Waals surface area contributed by atoms with E-state index in [-0.39, 0.29) is 11.4 Å². The van der Waals surface area contributed by atoms with Gasteiger partial charge in [-0.25, -0.2) is 4.79 Å². The summed E-state index contributed by atoms with van der Waals surface area (Å²) in [5, 5.41) is 0.528. The lowest BCUT2D eigenvalue weighted by Gasteiger charge is -2.18. The van der Waals surface area contributed by atoms with Gasteiger partial charge in [0.15, 0.2) is 5.43 Å². The maximum Gasteiger partial charge on any atom is 0.328 e. The van der Waals surface area contributed by atoms with E-state index in [2.05, 4.69) is 0 Å². The molecule has 0 radical (unpaired) electrons. The maximum absolute atomic E-state index is 12.0. The molecule has 1 aromatic carbocycles. The molecule has 2 rings (SSSR count). The SMILES string of the molecule is COC(=O)C(C)n1ccc(=O)c2cc(C)cc(OC)c21. The molecule has 1 unspecified atom stereocenters. The molecule has 0 aliphatic rings. The van der Waals surface area contributed by atoms with E-state index in [1.165, 1.54) is 13.2 Å². The predicted molar refractivity (Wildman–Crippen MR) is 76.2 cm³/mol. The highest BCUT2D eigenvalue weighted by Crippen LogP contribution is 2.27. The lowest BCUT2D eigenvalue weighted by molar-refractivity contribution is -0.143. The molecule has 0 saturated heterocycles. The van der Waals surface area contributed by atoms with E-state index in [0.29, 0.717) is 16.7 Å². The van der Waals surface area contributed by atoms with Crippen LogP contribution in [0.4, 0.5) is 0 Å². The third-order valence-electron chi connectivity index (χ3n) is 3.31. The van der Waals surface area contributed by atoms with Crippen LogP contribution >= 0.6 is 0 Å². The van der Waals surface area contributed by atoms with E-state index >= 15 is 0 Å². The second-order valence-corrected chi connectivity index (χ2v) is 4.65. The van der Waals surface area contributed by atoms with Crippen LogP contribution in [-0.2, 0) is 9.53 Å². The van der Waals surface area contributed by atoms with Gasteiger partial charge in [-0.2, -0.15) is 0 Å². The van der Waals surface area contributed by atoms with Gasteiger partial charge in [-0.3, -0.25) is 4.79 Å². The number of pyridine rings is 1. The number of aromatic nitrogens is 1. The van der Waals surface area contributed by atoms with E-state index < -0.39 is 6.04 Å². The molecule has 0 N–H and O–H groups in total. The van der Waals surface area contributed by atoms with Gasteiger partial charge in [-0.15, -0.1) is 0 Å². The first-order valence-corrected chi connectivity index (χ1v) is 6.27. The van der Waals surface area contributed by atoms with Gasteiger partial charge in [-0.05, 0) is 31.5 Å². The smallest absolute Gasteiger partial charge is 0.328 e. The fourth-order valence-electron chi connectivity index (χ4n) is 2.27. The summed E-state index contributed by atoms with van der Waals surface area (Å²) >= 11 is 0. The van der Waals surface area contributed by atoms with Crippen molar-refractivity contribution in [1.29, 1.82) is 0 Å². The van der Waals surface area contributed by atoms with Gasteiger partial charge in [0.05, 0.1) is 19.7 Å². The first-order chi connectivity index (χ1) is 9.49. The van der Waals surface area contributed by atoms with Crippen molar-refractivity contribution in [1.82, 2.24) is 4.57 Å². The molecule has 0 spiro atoms. The highest BCUT2D eigenvalue weighted by atomic mass is 16.5. The van der Waals surface area contributed by atoms with Crippen LogP contribution in [0.15, 0.2) is 29.2 Å². The summed E-state index contributed by atoms with van der Waals surface area (Å²) in [5.74, 6) is 0.186. The number of carbonyl (C=O) groups excluding carboxylic acids is 1. The molecular formula is C15H17NO4. The number of methoxy groups -OCH3 is 2. The topological polar surface area (TPSA) is 57.5 Å². The summed E-state index contributed by atoms with van der Waals surface area (Å²) in [6, 6.07) is 4.53. The summed E-state index contributed by atoms with van der Waals surface area (Å²) in [5.41, 5.74) is 1.42. The maximum atomic E-state index is 12.0. The molecule has 1 heterocycles. The van der Waals surface area contributed by atoms with Crippen molar-refractivity contribution in [2.24, 2.45) is 0 Å². The fraction of sp³-hybridized carbons (Fsp3) is 0.333. The summed E-state index contributed by atoms with van der Waals surface area (Å²) in [7, 11) is 2.88. The second-order valence-electron chi connectivity index (χ2n) is 4.65. The first-order valence-electron chi connectivity index (χ1n) is 6.27. The number of hydrogen-bond donors (Lipinski definition) is 0. The zero-order valence-electron chi connectivity index (χ0n) is 12.0. The Labute approximate surface area is 116 Å². The van der Waals surface area contributed by atoms with Gasteiger partial charge in [-0.1, -0.05) is 0 Å². The summed E-state index contributed by atoms with van der Waals surface area (Å²) in [4.78, 5) is 23.8. The Bertz CT molecular complexity index is 718. The molecule has 2 aromatic rings.